The van der Waals surface area contributed by atoms with Crippen LogP contribution in [0.15, 0.2) is 36.5 Å². The summed E-state index contributed by atoms with van der Waals surface area (Å²) in [5, 5.41) is 0. The predicted molar refractivity (Wildman–Crippen MR) is 73.8 cm³/mol. The van der Waals surface area contributed by atoms with Crippen molar-refractivity contribution < 1.29 is 4.74 Å². The number of pyridine rings is 1. The molecule has 0 aliphatic heterocycles. The summed E-state index contributed by atoms with van der Waals surface area (Å²) < 4.78 is 5.83. The van der Waals surface area contributed by atoms with E-state index in [1.165, 1.54) is 0 Å². The maximum atomic E-state index is 5.88. The van der Waals surface area contributed by atoms with E-state index in [0.29, 0.717) is 6.61 Å². The zero-order valence-electron chi connectivity index (χ0n) is 10.8. The Kier molecular flexibility index (Phi) is 3.82. The van der Waals surface area contributed by atoms with E-state index in [9.17, 15) is 0 Å². The van der Waals surface area contributed by atoms with E-state index in [-0.39, 0.29) is 0 Å². The number of benzene rings is 1. The lowest BCUT2D eigenvalue weighted by atomic mass is 10.1. The number of rotatable bonds is 4. The molecule has 0 saturated heterocycles. The van der Waals surface area contributed by atoms with Crippen LogP contribution in [0.3, 0.4) is 0 Å². The summed E-state index contributed by atoms with van der Waals surface area (Å²) in [5.41, 5.74) is 9.81. The number of nitrogen functional groups attached to an aromatic ring is 1. The molecule has 1 heterocycles. The van der Waals surface area contributed by atoms with Gasteiger partial charge in [-0.05, 0) is 37.6 Å². The van der Waals surface area contributed by atoms with Crippen molar-refractivity contribution in [1.82, 2.24) is 4.98 Å². The van der Waals surface area contributed by atoms with E-state index < -0.39 is 0 Å². The van der Waals surface area contributed by atoms with Crippen molar-refractivity contribution in [2.75, 3.05) is 12.3 Å². The SMILES string of the molecule is Cc1ccc(N)c(C)c1OCCc1ccccn1. The Morgan fingerprint density at radius 3 is 2.72 bits per heavy atom. The molecule has 0 saturated carbocycles. The molecule has 0 fully saturated rings. The Morgan fingerprint density at radius 2 is 2.00 bits per heavy atom. The third-order valence-electron chi connectivity index (χ3n) is 2.98. The molecule has 0 atom stereocenters. The van der Waals surface area contributed by atoms with Gasteiger partial charge in [-0.25, -0.2) is 0 Å². The molecule has 0 radical (unpaired) electrons. The van der Waals surface area contributed by atoms with Gasteiger partial charge in [0.15, 0.2) is 0 Å². The smallest absolute Gasteiger partial charge is 0.127 e. The number of hydrogen-bond acceptors (Lipinski definition) is 3. The number of nitrogens with zero attached hydrogens (tertiary/aromatic N) is 1. The topological polar surface area (TPSA) is 48.1 Å². The maximum Gasteiger partial charge on any atom is 0.127 e. The van der Waals surface area contributed by atoms with E-state index in [4.69, 9.17) is 10.5 Å². The van der Waals surface area contributed by atoms with Crippen molar-refractivity contribution in [3.05, 3.63) is 53.3 Å². The molecule has 0 aliphatic rings. The molecule has 3 heteroatoms. The number of aryl methyl sites for hydroxylation is 1. The molecule has 2 aromatic rings. The van der Waals surface area contributed by atoms with Gasteiger partial charge in [-0.15, -0.1) is 0 Å². The lowest BCUT2D eigenvalue weighted by molar-refractivity contribution is 0.316. The summed E-state index contributed by atoms with van der Waals surface area (Å²) >= 11 is 0. The van der Waals surface area contributed by atoms with Gasteiger partial charge in [0, 0.05) is 29.6 Å². The fourth-order valence-corrected chi connectivity index (χ4v) is 1.87. The molecule has 0 spiro atoms. The van der Waals surface area contributed by atoms with E-state index in [1.807, 2.05) is 44.2 Å². The first-order valence-electron chi connectivity index (χ1n) is 6.07. The zero-order chi connectivity index (χ0) is 13.0. The molecule has 0 aliphatic carbocycles. The van der Waals surface area contributed by atoms with Crippen LogP contribution in [-0.2, 0) is 6.42 Å². The van der Waals surface area contributed by atoms with Gasteiger partial charge in [0.25, 0.3) is 0 Å². The van der Waals surface area contributed by atoms with Gasteiger partial charge in [0.2, 0.25) is 0 Å². The minimum Gasteiger partial charge on any atom is -0.493 e. The summed E-state index contributed by atoms with van der Waals surface area (Å²) in [7, 11) is 0. The van der Waals surface area contributed by atoms with Crippen LogP contribution >= 0.6 is 0 Å². The second-order valence-electron chi connectivity index (χ2n) is 4.35. The highest BCUT2D eigenvalue weighted by Gasteiger charge is 2.06. The Balaban J connectivity index is 2.01. The van der Waals surface area contributed by atoms with Gasteiger partial charge in [0.1, 0.15) is 5.75 Å². The van der Waals surface area contributed by atoms with Gasteiger partial charge in [-0.3, -0.25) is 4.98 Å². The number of nitrogens with two attached hydrogens (primary N) is 1. The summed E-state index contributed by atoms with van der Waals surface area (Å²) in [6.07, 6.45) is 2.60. The molecule has 94 valence electrons. The molecule has 3 nitrogen and oxygen atoms in total. The average molecular weight is 242 g/mol. The highest BCUT2D eigenvalue weighted by atomic mass is 16.5. The predicted octanol–water partition coefficient (Wildman–Crippen LogP) is 2.90. The quantitative estimate of drug-likeness (QED) is 0.839. The third-order valence-corrected chi connectivity index (χ3v) is 2.98. The summed E-state index contributed by atoms with van der Waals surface area (Å²) in [5.74, 6) is 0.894. The monoisotopic (exact) mass is 242 g/mol. The highest BCUT2D eigenvalue weighted by molar-refractivity contribution is 5.56. The number of hydrogen-bond donors (Lipinski definition) is 1. The lowest BCUT2D eigenvalue weighted by Gasteiger charge is -2.13. The van der Waals surface area contributed by atoms with Gasteiger partial charge in [0.05, 0.1) is 6.61 Å². The van der Waals surface area contributed by atoms with Crippen molar-refractivity contribution >= 4 is 5.69 Å². The standard InChI is InChI=1S/C15H18N2O/c1-11-6-7-14(16)12(2)15(11)18-10-8-13-5-3-4-9-17-13/h3-7,9H,8,10,16H2,1-2H3. The first kappa shape index (κ1) is 12.4. The normalized spacial score (nSPS) is 10.3. The number of anilines is 1. The molecular weight excluding hydrogens is 224 g/mol. The molecule has 1 aromatic carbocycles. The van der Waals surface area contributed by atoms with Crippen molar-refractivity contribution in [3.8, 4) is 5.75 Å². The van der Waals surface area contributed by atoms with Gasteiger partial charge >= 0.3 is 0 Å². The molecular formula is C15H18N2O. The maximum absolute atomic E-state index is 5.88. The zero-order valence-corrected chi connectivity index (χ0v) is 10.8. The summed E-state index contributed by atoms with van der Waals surface area (Å²) in [6, 6.07) is 9.80. The van der Waals surface area contributed by atoms with E-state index in [2.05, 4.69) is 4.98 Å². The van der Waals surface area contributed by atoms with E-state index >= 15 is 0 Å². The molecule has 2 N–H and O–H groups in total. The molecule has 1 aromatic heterocycles. The molecule has 18 heavy (non-hydrogen) atoms. The van der Waals surface area contributed by atoms with Crippen LogP contribution in [-0.4, -0.2) is 11.6 Å². The second kappa shape index (κ2) is 5.54. The van der Waals surface area contributed by atoms with Gasteiger partial charge < -0.3 is 10.5 Å². The van der Waals surface area contributed by atoms with Crippen LogP contribution in [0.4, 0.5) is 5.69 Å². The number of aromatic nitrogens is 1. The van der Waals surface area contributed by atoms with Crippen LogP contribution in [0.2, 0.25) is 0 Å². The molecule has 0 amide bonds. The third kappa shape index (κ3) is 2.80. The van der Waals surface area contributed by atoms with Crippen molar-refractivity contribution in [2.45, 2.75) is 20.3 Å². The Bertz CT molecular complexity index is 524. The second-order valence-corrected chi connectivity index (χ2v) is 4.35. The lowest BCUT2D eigenvalue weighted by Crippen LogP contribution is -2.06. The molecule has 0 unspecified atom stereocenters. The Morgan fingerprint density at radius 1 is 1.17 bits per heavy atom. The first-order valence-corrected chi connectivity index (χ1v) is 6.07. The van der Waals surface area contributed by atoms with Crippen LogP contribution in [0.1, 0.15) is 16.8 Å². The van der Waals surface area contributed by atoms with Crippen LogP contribution in [0, 0.1) is 13.8 Å². The van der Waals surface area contributed by atoms with Gasteiger partial charge in [-0.1, -0.05) is 12.1 Å². The Labute approximate surface area is 108 Å². The van der Waals surface area contributed by atoms with Crippen LogP contribution in [0.5, 0.6) is 5.75 Å². The fraction of sp³-hybridized carbons (Fsp3) is 0.267. The first-order chi connectivity index (χ1) is 8.68. The minimum atomic E-state index is 0.613. The van der Waals surface area contributed by atoms with E-state index in [1.54, 1.807) is 6.20 Å². The van der Waals surface area contributed by atoms with E-state index in [0.717, 1.165) is 34.7 Å². The minimum absolute atomic E-state index is 0.613. The van der Waals surface area contributed by atoms with Crippen LogP contribution < -0.4 is 10.5 Å². The summed E-state index contributed by atoms with van der Waals surface area (Å²) in [6.45, 7) is 4.63. The van der Waals surface area contributed by atoms with Crippen molar-refractivity contribution in [1.29, 1.82) is 0 Å². The van der Waals surface area contributed by atoms with Crippen molar-refractivity contribution in [3.63, 3.8) is 0 Å². The largest absolute Gasteiger partial charge is 0.493 e. The Hall–Kier alpha value is -2.03. The average Bonchev–Trinajstić information content (AvgIpc) is 2.39. The van der Waals surface area contributed by atoms with Gasteiger partial charge in [-0.2, -0.15) is 0 Å². The number of ether oxygens (including phenoxy) is 1. The fourth-order valence-electron chi connectivity index (χ4n) is 1.87. The molecule has 2 rings (SSSR count). The highest BCUT2D eigenvalue weighted by Crippen LogP contribution is 2.27. The van der Waals surface area contributed by atoms with Crippen LogP contribution in [0.25, 0.3) is 0 Å². The summed E-state index contributed by atoms with van der Waals surface area (Å²) in [4.78, 5) is 4.27. The van der Waals surface area contributed by atoms with Crippen molar-refractivity contribution in [2.24, 2.45) is 0 Å². The molecule has 0 bridgehead atoms.